The number of benzene rings is 1. The van der Waals surface area contributed by atoms with Crippen LogP contribution in [0.4, 0.5) is 5.69 Å². The number of anilines is 1. The molecule has 0 spiro atoms. The Balaban J connectivity index is 2.45. The number of nitrogens with zero attached hydrogens (tertiary/aromatic N) is 1. The number of nitrogens with one attached hydrogen (secondary N) is 1. The van der Waals surface area contributed by atoms with Crippen LogP contribution in [0.1, 0.15) is 39.5 Å². The summed E-state index contributed by atoms with van der Waals surface area (Å²) in [6.07, 6.45) is 4.38. The molecule has 0 bridgehead atoms. The van der Waals surface area contributed by atoms with Crippen LogP contribution in [0.3, 0.4) is 0 Å². The van der Waals surface area contributed by atoms with E-state index < -0.39 is 0 Å². The highest BCUT2D eigenvalue weighted by Crippen LogP contribution is 2.10. The summed E-state index contributed by atoms with van der Waals surface area (Å²) < 4.78 is 5.07. The van der Waals surface area contributed by atoms with Gasteiger partial charge in [0.15, 0.2) is 0 Å². The molecule has 1 aromatic rings. The minimum Gasteiger partial charge on any atom is -0.385 e. The molecule has 0 aliphatic heterocycles. The van der Waals surface area contributed by atoms with E-state index in [9.17, 15) is 4.79 Å². The second kappa shape index (κ2) is 11.2. The Bertz CT molecular complexity index is 409. The molecule has 22 heavy (non-hydrogen) atoms. The van der Waals surface area contributed by atoms with E-state index in [1.54, 1.807) is 7.11 Å². The van der Waals surface area contributed by atoms with E-state index in [1.165, 1.54) is 0 Å². The molecule has 0 saturated carbocycles. The molecule has 0 aliphatic rings. The molecule has 0 heterocycles. The maximum Gasteiger partial charge on any atom is 0.241 e. The van der Waals surface area contributed by atoms with E-state index in [2.05, 4.69) is 17.1 Å². The van der Waals surface area contributed by atoms with E-state index in [4.69, 9.17) is 4.74 Å². The quantitative estimate of drug-likeness (QED) is 0.636. The van der Waals surface area contributed by atoms with Crippen molar-refractivity contribution < 1.29 is 9.53 Å². The highest BCUT2D eigenvalue weighted by atomic mass is 16.5. The van der Waals surface area contributed by atoms with Crippen molar-refractivity contribution >= 4 is 11.6 Å². The molecule has 0 fully saturated rings. The lowest BCUT2D eigenvalue weighted by Crippen LogP contribution is -2.43. The second-order valence-corrected chi connectivity index (χ2v) is 5.62. The third-order valence-corrected chi connectivity index (χ3v) is 3.77. The zero-order valence-electron chi connectivity index (χ0n) is 14.2. The smallest absolute Gasteiger partial charge is 0.241 e. The van der Waals surface area contributed by atoms with E-state index in [-0.39, 0.29) is 11.9 Å². The molecule has 4 heteroatoms. The molecule has 1 unspecified atom stereocenters. The molecule has 4 nitrogen and oxygen atoms in total. The molecule has 0 radical (unpaired) electrons. The zero-order valence-corrected chi connectivity index (χ0v) is 14.2. The molecular formula is C18H30N2O2. The van der Waals surface area contributed by atoms with Gasteiger partial charge in [-0.2, -0.15) is 0 Å². The number of para-hydroxylation sites is 1. The first-order chi connectivity index (χ1) is 10.7. The van der Waals surface area contributed by atoms with Gasteiger partial charge < -0.3 is 10.1 Å². The van der Waals surface area contributed by atoms with Crippen molar-refractivity contribution in [2.45, 2.75) is 45.6 Å². The first-order valence-electron chi connectivity index (χ1n) is 8.28. The van der Waals surface area contributed by atoms with Crippen molar-refractivity contribution in [1.29, 1.82) is 0 Å². The molecule has 0 aromatic heterocycles. The standard InChI is InChI=1S/C18H30N2O2/c1-4-13-20(14-9-6-10-15-22-3)16(2)18(21)19-17-11-7-5-8-12-17/h5,7-8,11-12,16H,4,6,9-10,13-15H2,1-3H3,(H,19,21). The van der Waals surface area contributed by atoms with Gasteiger partial charge in [0.1, 0.15) is 0 Å². The fourth-order valence-electron chi connectivity index (χ4n) is 2.46. The van der Waals surface area contributed by atoms with Crippen LogP contribution in [0.15, 0.2) is 30.3 Å². The number of unbranched alkanes of at least 4 members (excludes halogenated alkanes) is 2. The van der Waals surface area contributed by atoms with Gasteiger partial charge in [-0.3, -0.25) is 9.69 Å². The largest absolute Gasteiger partial charge is 0.385 e. The monoisotopic (exact) mass is 306 g/mol. The summed E-state index contributed by atoms with van der Waals surface area (Å²) in [7, 11) is 1.74. The average molecular weight is 306 g/mol. The molecule has 1 amide bonds. The van der Waals surface area contributed by atoms with Gasteiger partial charge in [0.25, 0.3) is 0 Å². The van der Waals surface area contributed by atoms with E-state index in [1.807, 2.05) is 37.3 Å². The summed E-state index contributed by atoms with van der Waals surface area (Å²) >= 11 is 0. The summed E-state index contributed by atoms with van der Waals surface area (Å²) in [6, 6.07) is 9.53. The predicted octanol–water partition coefficient (Wildman–Crippen LogP) is 3.54. The predicted molar refractivity (Wildman–Crippen MR) is 92.1 cm³/mol. The average Bonchev–Trinajstić information content (AvgIpc) is 2.54. The van der Waals surface area contributed by atoms with Crippen molar-refractivity contribution in [3.63, 3.8) is 0 Å². The summed E-state index contributed by atoms with van der Waals surface area (Å²) in [5.74, 6) is 0.0662. The number of carbonyl (C=O) groups excluding carboxylic acids is 1. The lowest BCUT2D eigenvalue weighted by Gasteiger charge is -2.28. The molecule has 0 aliphatic carbocycles. The van der Waals surface area contributed by atoms with E-state index >= 15 is 0 Å². The normalized spacial score (nSPS) is 12.4. The fourth-order valence-corrected chi connectivity index (χ4v) is 2.46. The lowest BCUT2D eigenvalue weighted by molar-refractivity contribution is -0.120. The van der Waals surface area contributed by atoms with Crippen LogP contribution in [-0.4, -0.2) is 43.7 Å². The van der Waals surface area contributed by atoms with Crippen molar-refractivity contribution in [2.75, 3.05) is 32.1 Å². The van der Waals surface area contributed by atoms with Crippen molar-refractivity contribution in [3.8, 4) is 0 Å². The van der Waals surface area contributed by atoms with Crippen LogP contribution in [0.2, 0.25) is 0 Å². The van der Waals surface area contributed by atoms with Crippen LogP contribution in [-0.2, 0) is 9.53 Å². The molecule has 1 aromatic carbocycles. The topological polar surface area (TPSA) is 41.6 Å². The summed E-state index contributed by atoms with van der Waals surface area (Å²) in [6.45, 7) is 6.87. The number of amides is 1. The SMILES string of the molecule is CCCN(CCCCCOC)C(C)C(=O)Nc1ccccc1. The van der Waals surface area contributed by atoms with Crippen LogP contribution in [0, 0.1) is 0 Å². The van der Waals surface area contributed by atoms with Gasteiger partial charge in [0.2, 0.25) is 5.91 Å². The van der Waals surface area contributed by atoms with Gasteiger partial charge in [0, 0.05) is 19.4 Å². The Kier molecular flexibility index (Phi) is 9.51. The number of methoxy groups -OCH3 is 1. The lowest BCUT2D eigenvalue weighted by atomic mass is 10.2. The Morgan fingerprint density at radius 1 is 1.18 bits per heavy atom. The number of hydrogen-bond acceptors (Lipinski definition) is 3. The van der Waals surface area contributed by atoms with Gasteiger partial charge in [-0.25, -0.2) is 0 Å². The molecule has 1 atom stereocenters. The van der Waals surface area contributed by atoms with E-state index in [0.29, 0.717) is 0 Å². The number of rotatable bonds is 11. The van der Waals surface area contributed by atoms with Crippen molar-refractivity contribution in [2.24, 2.45) is 0 Å². The highest BCUT2D eigenvalue weighted by molar-refractivity contribution is 5.94. The third kappa shape index (κ3) is 7.05. The Morgan fingerprint density at radius 3 is 2.55 bits per heavy atom. The molecule has 1 rings (SSSR count). The second-order valence-electron chi connectivity index (χ2n) is 5.62. The molecule has 1 N–H and O–H groups in total. The highest BCUT2D eigenvalue weighted by Gasteiger charge is 2.20. The summed E-state index contributed by atoms with van der Waals surface area (Å²) in [5.41, 5.74) is 0.857. The van der Waals surface area contributed by atoms with Gasteiger partial charge >= 0.3 is 0 Å². The maximum absolute atomic E-state index is 12.4. The van der Waals surface area contributed by atoms with Gasteiger partial charge in [-0.05, 0) is 57.8 Å². The van der Waals surface area contributed by atoms with Gasteiger partial charge in [-0.1, -0.05) is 25.1 Å². The Morgan fingerprint density at radius 2 is 1.91 bits per heavy atom. The number of ether oxygens (including phenoxy) is 1. The van der Waals surface area contributed by atoms with Crippen LogP contribution in [0.5, 0.6) is 0 Å². The number of hydrogen-bond donors (Lipinski definition) is 1. The van der Waals surface area contributed by atoms with Crippen LogP contribution >= 0.6 is 0 Å². The van der Waals surface area contributed by atoms with Gasteiger partial charge in [-0.15, -0.1) is 0 Å². The third-order valence-electron chi connectivity index (χ3n) is 3.77. The number of carbonyl (C=O) groups is 1. The van der Waals surface area contributed by atoms with E-state index in [0.717, 1.165) is 51.1 Å². The first kappa shape index (κ1) is 18.7. The van der Waals surface area contributed by atoms with Crippen LogP contribution in [0.25, 0.3) is 0 Å². The minimum absolute atomic E-state index is 0.0662. The molecular weight excluding hydrogens is 276 g/mol. The Hall–Kier alpha value is -1.39. The van der Waals surface area contributed by atoms with Crippen LogP contribution < -0.4 is 5.32 Å². The fraction of sp³-hybridized carbons (Fsp3) is 0.611. The Labute approximate surface area is 134 Å². The van der Waals surface area contributed by atoms with Gasteiger partial charge in [0.05, 0.1) is 6.04 Å². The first-order valence-corrected chi connectivity index (χ1v) is 8.28. The zero-order chi connectivity index (χ0) is 16.2. The van der Waals surface area contributed by atoms with Crippen molar-refractivity contribution in [1.82, 2.24) is 4.90 Å². The maximum atomic E-state index is 12.4. The molecule has 0 saturated heterocycles. The summed E-state index contributed by atoms with van der Waals surface area (Å²) in [4.78, 5) is 14.7. The van der Waals surface area contributed by atoms with Crippen molar-refractivity contribution in [3.05, 3.63) is 30.3 Å². The molecule has 124 valence electrons. The minimum atomic E-state index is -0.109. The summed E-state index contributed by atoms with van der Waals surface area (Å²) in [5, 5.41) is 2.99.